The third-order valence-electron chi connectivity index (χ3n) is 5.00. The molecule has 0 amide bonds. The maximum Gasteiger partial charge on any atom is -0.0381 e. The van der Waals surface area contributed by atoms with Crippen molar-refractivity contribution in [3.8, 4) is 0 Å². The highest BCUT2D eigenvalue weighted by Gasteiger charge is 2.41. The van der Waals surface area contributed by atoms with Crippen molar-refractivity contribution in [2.45, 2.75) is 66.2 Å². The van der Waals surface area contributed by atoms with Gasteiger partial charge in [0, 0.05) is 0 Å². The Balaban J connectivity index is 1.90. The van der Waals surface area contributed by atoms with Crippen LogP contribution in [0.3, 0.4) is 0 Å². The van der Waals surface area contributed by atoms with Crippen molar-refractivity contribution in [1.29, 1.82) is 0 Å². The fraction of sp³-hybridized carbons (Fsp3) is 1.00. The summed E-state index contributed by atoms with van der Waals surface area (Å²) in [7, 11) is 0. The summed E-state index contributed by atoms with van der Waals surface area (Å²) in [4.78, 5) is 0. The van der Waals surface area contributed by atoms with E-state index in [1.807, 2.05) is 0 Å². The lowest BCUT2D eigenvalue weighted by Crippen LogP contribution is -2.38. The van der Waals surface area contributed by atoms with E-state index in [9.17, 15) is 0 Å². The van der Waals surface area contributed by atoms with Crippen molar-refractivity contribution in [2.24, 2.45) is 35.5 Å². The average Bonchev–Trinajstić information content (AvgIpc) is 2.17. The highest BCUT2D eigenvalue weighted by atomic mass is 14.5. The third kappa shape index (κ3) is 2.81. The molecule has 3 aliphatic rings. The zero-order valence-electron chi connectivity index (χ0n) is 11.7. The fourth-order valence-corrected chi connectivity index (χ4v) is 4.47. The number of hydrogen-bond donors (Lipinski definition) is 0. The Morgan fingerprint density at radius 1 is 0.750 bits per heavy atom. The number of fused-ring (bicyclic) bond motifs is 3. The van der Waals surface area contributed by atoms with E-state index < -0.39 is 0 Å². The Morgan fingerprint density at radius 3 is 1.38 bits per heavy atom. The van der Waals surface area contributed by atoms with Gasteiger partial charge in [-0.2, -0.15) is 0 Å². The van der Waals surface area contributed by atoms with Crippen LogP contribution in [0.4, 0.5) is 0 Å². The largest absolute Gasteiger partial charge is 0.0628 e. The normalized spacial score (nSPS) is 38.6. The van der Waals surface area contributed by atoms with Gasteiger partial charge < -0.3 is 0 Å². The van der Waals surface area contributed by atoms with Gasteiger partial charge in [0.15, 0.2) is 0 Å². The maximum atomic E-state index is 2.40. The first-order valence-corrected chi connectivity index (χ1v) is 7.56. The zero-order chi connectivity index (χ0) is 11.7. The molecule has 0 heterocycles. The molecule has 4 unspecified atom stereocenters. The molecular formula is C16H30. The average molecular weight is 222 g/mol. The summed E-state index contributed by atoms with van der Waals surface area (Å²) in [5.41, 5.74) is 0. The van der Waals surface area contributed by atoms with Crippen LogP contribution in [0.1, 0.15) is 66.2 Å². The molecular weight excluding hydrogens is 192 g/mol. The van der Waals surface area contributed by atoms with Crippen molar-refractivity contribution < 1.29 is 0 Å². The molecule has 0 N–H and O–H groups in total. The van der Waals surface area contributed by atoms with Crippen LogP contribution in [-0.2, 0) is 0 Å². The molecule has 0 aromatic rings. The van der Waals surface area contributed by atoms with E-state index in [-0.39, 0.29) is 0 Å². The topological polar surface area (TPSA) is 0 Å². The van der Waals surface area contributed by atoms with Gasteiger partial charge in [0.25, 0.3) is 0 Å². The molecule has 0 heteroatoms. The monoisotopic (exact) mass is 222 g/mol. The highest BCUT2D eigenvalue weighted by molar-refractivity contribution is 4.91. The van der Waals surface area contributed by atoms with E-state index in [4.69, 9.17) is 0 Å². The van der Waals surface area contributed by atoms with Gasteiger partial charge in [-0.3, -0.25) is 0 Å². The molecule has 0 aromatic heterocycles. The second-order valence-corrected chi connectivity index (χ2v) is 7.35. The van der Waals surface area contributed by atoms with Gasteiger partial charge in [0.2, 0.25) is 0 Å². The molecule has 0 aliphatic heterocycles. The van der Waals surface area contributed by atoms with Gasteiger partial charge in [0.1, 0.15) is 0 Å². The van der Waals surface area contributed by atoms with Crippen LogP contribution in [-0.4, -0.2) is 0 Å². The first-order chi connectivity index (χ1) is 7.56. The molecule has 2 bridgehead atoms. The van der Waals surface area contributed by atoms with Crippen molar-refractivity contribution in [3.05, 3.63) is 0 Å². The van der Waals surface area contributed by atoms with Crippen molar-refractivity contribution in [2.75, 3.05) is 0 Å². The second-order valence-electron chi connectivity index (χ2n) is 7.35. The Bertz CT molecular complexity index is 192. The molecule has 0 spiro atoms. The van der Waals surface area contributed by atoms with Gasteiger partial charge in [-0.05, 0) is 74.0 Å². The minimum atomic E-state index is 0.910. The molecule has 0 saturated heterocycles. The predicted molar refractivity (Wildman–Crippen MR) is 71.3 cm³/mol. The summed E-state index contributed by atoms with van der Waals surface area (Å²) in [5, 5.41) is 0. The smallest absolute Gasteiger partial charge is 0.0381 e. The summed E-state index contributed by atoms with van der Waals surface area (Å²) in [6.45, 7) is 9.59. The Hall–Kier alpha value is 0. The number of hydrogen-bond acceptors (Lipinski definition) is 0. The summed E-state index contributed by atoms with van der Waals surface area (Å²) in [5.74, 6) is 6.18. The van der Waals surface area contributed by atoms with E-state index in [2.05, 4.69) is 27.7 Å². The van der Waals surface area contributed by atoms with E-state index in [0.29, 0.717) is 0 Å². The standard InChI is InChI=1S/C16H30/c1-11(2)7-15-9-14-6-5-13(15)10-16(14)8-12(3)4/h11-16H,5-10H2,1-4H3. The first-order valence-electron chi connectivity index (χ1n) is 7.56. The molecule has 0 radical (unpaired) electrons. The zero-order valence-corrected chi connectivity index (χ0v) is 11.7. The number of rotatable bonds is 4. The van der Waals surface area contributed by atoms with Crippen LogP contribution < -0.4 is 0 Å². The molecule has 4 atom stereocenters. The van der Waals surface area contributed by atoms with Gasteiger partial charge in [-0.15, -0.1) is 0 Å². The van der Waals surface area contributed by atoms with E-state index in [1.54, 1.807) is 25.7 Å². The SMILES string of the molecule is CC(C)CC1CC2CCC1CC2CC(C)C. The van der Waals surface area contributed by atoms with E-state index >= 15 is 0 Å². The van der Waals surface area contributed by atoms with Gasteiger partial charge in [0.05, 0.1) is 0 Å². The van der Waals surface area contributed by atoms with E-state index in [0.717, 1.165) is 35.5 Å². The van der Waals surface area contributed by atoms with Crippen LogP contribution in [0.25, 0.3) is 0 Å². The van der Waals surface area contributed by atoms with Gasteiger partial charge >= 0.3 is 0 Å². The first kappa shape index (κ1) is 12.5. The van der Waals surface area contributed by atoms with Crippen LogP contribution in [0.2, 0.25) is 0 Å². The van der Waals surface area contributed by atoms with Crippen molar-refractivity contribution >= 4 is 0 Å². The summed E-state index contributed by atoms with van der Waals surface area (Å²) < 4.78 is 0. The summed E-state index contributed by atoms with van der Waals surface area (Å²) >= 11 is 0. The van der Waals surface area contributed by atoms with Crippen molar-refractivity contribution in [1.82, 2.24) is 0 Å². The Morgan fingerprint density at radius 2 is 1.12 bits per heavy atom. The van der Waals surface area contributed by atoms with Crippen LogP contribution in [0, 0.1) is 35.5 Å². The quantitative estimate of drug-likeness (QED) is 0.618. The third-order valence-corrected chi connectivity index (χ3v) is 5.00. The molecule has 3 fully saturated rings. The van der Waals surface area contributed by atoms with E-state index in [1.165, 1.54) is 12.8 Å². The predicted octanol–water partition coefficient (Wildman–Crippen LogP) is 5.13. The minimum Gasteiger partial charge on any atom is -0.0628 e. The van der Waals surface area contributed by atoms with Crippen LogP contribution in [0.15, 0.2) is 0 Å². The molecule has 16 heavy (non-hydrogen) atoms. The molecule has 3 saturated carbocycles. The molecule has 3 aliphatic carbocycles. The molecule has 94 valence electrons. The lowest BCUT2D eigenvalue weighted by atomic mass is 9.57. The van der Waals surface area contributed by atoms with Crippen molar-refractivity contribution in [3.63, 3.8) is 0 Å². The fourth-order valence-electron chi connectivity index (χ4n) is 4.47. The molecule has 3 rings (SSSR count). The van der Waals surface area contributed by atoms with Gasteiger partial charge in [-0.1, -0.05) is 27.7 Å². The second kappa shape index (κ2) is 5.10. The Labute approximate surface area is 102 Å². The highest BCUT2D eigenvalue weighted by Crippen LogP contribution is 2.51. The van der Waals surface area contributed by atoms with Gasteiger partial charge in [-0.25, -0.2) is 0 Å². The summed E-state index contributed by atoms with van der Waals surface area (Å²) in [6, 6.07) is 0. The molecule has 0 aromatic carbocycles. The summed E-state index contributed by atoms with van der Waals surface area (Å²) in [6.07, 6.45) is 9.24. The van der Waals surface area contributed by atoms with Crippen LogP contribution in [0.5, 0.6) is 0 Å². The lowest BCUT2D eigenvalue weighted by Gasteiger charge is -2.48. The lowest BCUT2D eigenvalue weighted by molar-refractivity contribution is 0.0214. The van der Waals surface area contributed by atoms with Crippen LogP contribution >= 0.6 is 0 Å². The minimum absolute atomic E-state index is 0.910. The Kier molecular flexibility index (Phi) is 3.97. The molecule has 0 nitrogen and oxygen atoms in total. The maximum absolute atomic E-state index is 2.40.